The minimum atomic E-state index is -0.662. The SMILES string of the molecule is O=C(NC[C@H](O)CN1CCc2cc(OCC3CNCO3)ccc2C1)c1cncc(NC2CCOCC2)c1. The number of pyridine rings is 1. The first-order chi connectivity index (χ1) is 18.1. The Morgan fingerprint density at radius 1 is 1.24 bits per heavy atom. The van der Waals surface area contributed by atoms with Crippen molar-refractivity contribution in [3.8, 4) is 5.75 Å². The molecule has 1 aromatic carbocycles. The monoisotopic (exact) mass is 511 g/mol. The van der Waals surface area contributed by atoms with Crippen LogP contribution >= 0.6 is 0 Å². The number of β-amino-alcohol motifs (C(OH)–C–C–N with tert-alkyl or cyclic N) is 1. The Morgan fingerprint density at radius 3 is 2.97 bits per heavy atom. The quantitative estimate of drug-likeness (QED) is 0.373. The van der Waals surface area contributed by atoms with Gasteiger partial charge in [-0.1, -0.05) is 6.07 Å². The summed E-state index contributed by atoms with van der Waals surface area (Å²) in [5.41, 5.74) is 3.83. The Hall–Kier alpha value is -2.76. The molecule has 2 fully saturated rings. The molecular weight excluding hydrogens is 474 g/mol. The second-order valence-electron chi connectivity index (χ2n) is 9.97. The maximum atomic E-state index is 12.7. The van der Waals surface area contributed by atoms with Gasteiger partial charge < -0.3 is 30.0 Å². The van der Waals surface area contributed by atoms with E-state index in [0.29, 0.717) is 31.5 Å². The minimum absolute atomic E-state index is 0.0995. The molecule has 2 aromatic rings. The van der Waals surface area contributed by atoms with E-state index in [1.54, 1.807) is 18.5 Å². The maximum Gasteiger partial charge on any atom is 0.253 e. The van der Waals surface area contributed by atoms with Crippen LogP contribution in [0.3, 0.4) is 0 Å². The number of carbonyl (C=O) groups is 1. The number of ether oxygens (including phenoxy) is 3. The van der Waals surface area contributed by atoms with Crippen molar-refractivity contribution in [1.29, 1.82) is 0 Å². The molecule has 10 nitrogen and oxygen atoms in total. The van der Waals surface area contributed by atoms with Gasteiger partial charge in [0.2, 0.25) is 0 Å². The molecule has 1 amide bonds. The van der Waals surface area contributed by atoms with Gasteiger partial charge in [-0.2, -0.15) is 0 Å². The summed E-state index contributed by atoms with van der Waals surface area (Å²) in [6.07, 6.45) is 5.48. The standard InChI is InChI=1S/C27H37N5O5/c33-24(13-30-27(34)21-9-23(12-28-11-21)31-22-4-7-35-8-5-22)16-32-6-3-19-10-25(2-1-20(19)15-32)36-17-26-14-29-18-37-26/h1-2,9-12,22,24,26,29,31,33H,3-8,13-18H2,(H,30,34)/t24-,26?/m0/s1. The third-order valence-corrected chi connectivity index (χ3v) is 7.06. The summed E-state index contributed by atoms with van der Waals surface area (Å²) in [6.45, 7) is 5.73. The average molecular weight is 512 g/mol. The van der Waals surface area contributed by atoms with Crippen LogP contribution < -0.4 is 20.7 Å². The van der Waals surface area contributed by atoms with Gasteiger partial charge >= 0.3 is 0 Å². The number of hydrogen-bond donors (Lipinski definition) is 4. The van der Waals surface area contributed by atoms with Crippen molar-refractivity contribution in [2.75, 3.05) is 58.0 Å². The van der Waals surface area contributed by atoms with Crippen molar-refractivity contribution in [3.05, 3.63) is 53.3 Å². The molecular formula is C27H37N5O5. The number of aliphatic hydroxyl groups is 1. The number of amides is 1. The Kier molecular flexibility index (Phi) is 8.85. The molecule has 3 aliphatic rings. The highest BCUT2D eigenvalue weighted by atomic mass is 16.5. The zero-order valence-electron chi connectivity index (χ0n) is 21.2. The Balaban J connectivity index is 1.05. The number of aliphatic hydroxyl groups excluding tert-OH is 1. The predicted molar refractivity (Wildman–Crippen MR) is 139 cm³/mol. The number of nitrogens with one attached hydrogen (secondary N) is 3. The number of nitrogens with zero attached hydrogens (tertiary/aromatic N) is 2. The molecule has 2 saturated heterocycles. The van der Waals surface area contributed by atoms with Crippen LogP contribution in [0.1, 0.15) is 34.3 Å². The van der Waals surface area contributed by atoms with Gasteiger partial charge in [0.05, 0.1) is 24.1 Å². The second kappa shape index (κ2) is 12.7. The molecule has 5 rings (SSSR count). The van der Waals surface area contributed by atoms with Crippen molar-refractivity contribution in [3.63, 3.8) is 0 Å². The highest BCUT2D eigenvalue weighted by molar-refractivity contribution is 5.94. The van der Waals surface area contributed by atoms with Crippen LogP contribution in [0.4, 0.5) is 5.69 Å². The van der Waals surface area contributed by atoms with E-state index in [1.807, 2.05) is 6.07 Å². The molecule has 200 valence electrons. The first-order valence-electron chi connectivity index (χ1n) is 13.2. The van der Waals surface area contributed by atoms with Crippen molar-refractivity contribution < 1.29 is 24.1 Å². The Bertz CT molecular complexity index is 1040. The van der Waals surface area contributed by atoms with E-state index in [9.17, 15) is 9.90 Å². The molecule has 3 aliphatic heterocycles. The molecule has 4 N–H and O–H groups in total. The fraction of sp³-hybridized carbons (Fsp3) is 0.556. The van der Waals surface area contributed by atoms with E-state index >= 15 is 0 Å². The molecule has 0 radical (unpaired) electrons. The van der Waals surface area contributed by atoms with Crippen molar-refractivity contribution >= 4 is 11.6 Å². The molecule has 0 spiro atoms. The third-order valence-electron chi connectivity index (χ3n) is 7.06. The van der Waals surface area contributed by atoms with Gasteiger partial charge in [-0.05, 0) is 48.6 Å². The molecule has 10 heteroatoms. The number of aromatic nitrogens is 1. The third kappa shape index (κ3) is 7.39. The Labute approximate surface area is 217 Å². The van der Waals surface area contributed by atoms with E-state index < -0.39 is 6.10 Å². The summed E-state index contributed by atoms with van der Waals surface area (Å²) in [7, 11) is 0. The fourth-order valence-corrected chi connectivity index (χ4v) is 4.98. The zero-order chi connectivity index (χ0) is 25.5. The smallest absolute Gasteiger partial charge is 0.253 e. The van der Waals surface area contributed by atoms with Crippen LogP contribution in [0.15, 0.2) is 36.7 Å². The van der Waals surface area contributed by atoms with Gasteiger partial charge in [0.1, 0.15) is 18.5 Å². The molecule has 1 unspecified atom stereocenters. The van der Waals surface area contributed by atoms with E-state index in [0.717, 1.165) is 63.5 Å². The molecule has 0 saturated carbocycles. The molecule has 1 aromatic heterocycles. The van der Waals surface area contributed by atoms with E-state index in [4.69, 9.17) is 14.2 Å². The zero-order valence-corrected chi connectivity index (χ0v) is 21.2. The topological polar surface area (TPSA) is 117 Å². The van der Waals surface area contributed by atoms with E-state index in [-0.39, 0.29) is 18.6 Å². The fourth-order valence-electron chi connectivity index (χ4n) is 4.98. The van der Waals surface area contributed by atoms with Crippen LogP contribution in [0.5, 0.6) is 5.75 Å². The molecule has 0 aliphatic carbocycles. The average Bonchev–Trinajstić information content (AvgIpc) is 3.45. The van der Waals surface area contributed by atoms with Gasteiger partial charge in [0.25, 0.3) is 5.91 Å². The van der Waals surface area contributed by atoms with Crippen LogP contribution in [0, 0.1) is 0 Å². The van der Waals surface area contributed by atoms with Crippen molar-refractivity contribution in [1.82, 2.24) is 20.5 Å². The summed E-state index contributed by atoms with van der Waals surface area (Å²) >= 11 is 0. The highest BCUT2D eigenvalue weighted by Crippen LogP contribution is 2.24. The van der Waals surface area contributed by atoms with Crippen LogP contribution in [0.2, 0.25) is 0 Å². The summed E-state index contributed by atoms with van der Waals surface area (Å²) in [4.78, 5) is 19.1. The predicted octanol–water partition coefficient (Wildman–Crippen LogP) is 1.15. The molecule has 4 heterocycles. The van der Waals surface area contributed by atoms with Gasteiger partial charge in [0, 0.05) is 64.4 Å². The van der Waals surface area contributed by atoms with E-state index in [2.05, 4.69) is 38.0 Å². The number of fused-ring (bicyclic) bond motifs is 1. The van der Waals surface area contributed by atoms with Crippen molar-refractivity contribution in [2.45, 2.75) is 44.1 Å². The molecule has 2 atom stereocenters. The van der Waals surface area contributed by atoms with Crippen LogP contribution in [-0.4, -0.2) is 91.9 Å². The molecule has 0 bridgehead atoms. The summed E-state index contributed by atoms with van der Waals surface area (Å²) in [5, 5.41) is 20.0. The van der Waals surface area contributed by atoms with Crippen molar-refractivity contribution in [2.24, 2.45) is 0 Å². The lowest BCUT2D eigenvalue weighted by atomic mass is 9.99. The lowest BCUT2D eigenvalue weighted by molar-refractivity contribution is 0.0715. The lowest BCUT2D eigenvalue weighted by Crippen LogP contribution is -2.42. The largest absolute Gasteiger partial charge is 0.491 e. The van der Waals surface area contributed by atoms with Gasteiger partial charge in [-0.15, -0.1) is 0 Å². The van der Waals surface area contributed by atoms with Crippen LogP contribution in [-0.2, 0) is 22.4 Å². The van der Waals surface area contributed by atoms with E-state index in [1.165, 1.54) is 11.1 Å². The minimum Gasteiger partial charge on any atom is -0.491 e. The number of carbonyl (C=O) groups excluding carboxylic acids is 1. The first kappa shape index (κ1) is 25.9. The number of rotatable bonds is 10. The van der Waals surface area contributed by atoms with Crippen LogP contribution in [0.25, 0.3) is 0 Å². The Morgan fingerprint density at radius 2 is 2.14 bits per heavy atom. The summed E-state index contributed by atoms with van der Waals surface area (Å²) in [6, 6.07) is 8.35. The molecule has 37 heavy (non-hydrogen) atoms. The first-order valence-corrected chi connectivity index (χ1v) is 13.2. The maximum absolute atomic E-state index is 12.7. The number of hydrogen-bond acceptors (Lipinski definition) is 9. The van der Waals surface area contributed by atoms with Gasteiger partial charge in [-0.25, -0.2) is 0 Å². The van der Waals surface area contributed by atoms with Gasteiger partial charge in [-0.3, -0.25) is 20.0 Å². The second-order valence-corrected chi connectivity index (χ2v) is 9.97. The summed E-state index contributed by atoms with van der Waals surface area (Å²) < 4.78 is 16.8. The summed E-state index contributed by atoms with van der Waals surface area (Å²) in [5.74, 6) is 0.629. The number of anilines is 1. The van der Waals surface area contributed by atoms with Gasteiger partial charge in [0.15, 0.2) is 0 Å². The highest BCUT2D eigenvalue weighted by Gasteiger charge is 2.21. The normalized spacial score (nSPS) is 21.3. The number of benzene rings is 1. The lowest BCUT2D eigenvalue weighted by Gasteiger charge is -2.30.